The monoisotopic (exact) mass is 672 g/mol. The summed E-state index contributed by atoms with van der Waals surface area (Å²) >= 11 is 2.86. The summed E-state index contributed by atoms with van der Waals surface area (Å²) in [7, 11) is 5.16. The summed E-state index contributed by atoms with van der Waals surface area (Å²) in [4.78, 5) is 50.2. The number of carboxylic acids is 1. The number of aromatic carboxylic acids is 1. The van der Waals surface area contributed by atoms with Crippen LogP contribution in [0.1, 0.15) is 43.0 Å². The highest BCUT2D eigenvalue weighted by Crippen LogP contribution is 2.33. The number of fused-ring (bicyclic) bond motifs is 2. The van der Waals surface area contributed by atoms with E-state index < -0.39 is 23.2 Å². The van der Waals surface area contributed by atoms with Gasteiger partial charge in [0.2, 0.25) is 0 Å². The van der Waals surface area contributed by atoms with Gasteiger partial charge in [-0.25, -0.2) is 19.2 Å². The van der Waals surface area contributed by atoms with E-state index in [-0.39, 0.29) is 11.1 Å². The smallest absolute Gasteiger partial charge is 0.351 e. The molecular formula is C35H32N2O8S2. The molecule has 10 nitrogen and oxygen atoms in total. The summed E-state index contributed by atoms with van der Waals surface area (Å²) in [6, 6.07) is 23.1. The van der Waals surface area contributed by atoms with E-state index in [1.54, 1.807) is 6.07 Å². The summed E-state index contributed by atoms with van der Waals surface area (Å²) in [6.45, 7) is 5.55. The Morgan fingerprint density at radius 1 is 0.702 bits per heavy atom. The van der Waals surface area contributed by atoms with Gasteiger partial charge in [0.1, 0.15) is 11.1 Å². The lowest BCUT2D eigenvalue weighted by atomic mass is 10.1. The van der Waals surface area contributed by atoms with Crippen molar-refractivity contribution in [2.45, 2.75) is 26.9 Å². The van der Waals surface area contributed by atoms with E-state index in [0.29, 0.717) is 22.4 Å². The second-order valence-electron chi connectivity index (χ2n) is 11.0. The fourth-order valence-corrected chi connectivity index (χ4v) is 6.65. The molecule has 47 heavy (non-hydrogen) atoms. The SMILES string of the molecule is COC(=O)c1cc2sc(N(C)Cc3ccc(C)cc3)cc2oc1=O.Cc1ccc(CN(C)c2cc3oc(=O)c(C(=O)O)cc3s2)cc1. The third kappa shape index (κ3) is 7.79. The molecule has 6 aromatic rings. The number of ether oxygens (including phenoxy) is 1. The number of carboxylic acid groups (broad SMARTS) is 1. The summed E-state index contributed by atoms with van der Waals surface area (Å²) in [5, 5.41) is 10.9. The number of benzene rings is 2. The second-order valence-corrected chi connectivity index (χ2v) is 13.1. The van der Waals surface area contributed by atoms with Crippen molar-refractivity contribution >= 4 is 65.2 Å². The predicted octanol–water partition coefficient (Wildman–Crippen LogP) is 7.08. The zero-order chi connectivity index (χ0) is 33.8. The average molecular weight is 673 g/mol. The Hall–Kier alpha value is -5.20. The molecule has 0 fully saturated rings. The van der Waals surface area contributed by atoms with Gasteiger partial charge in [-0.05, 0) is 37.1 Å². The van der Waals surface area contributed by atoms with E-state index in [0.717, 1.165) is 21.2 Å². The molecule has 0 bridgehead atoms. The van der Waals surface area contributed by atoms with Crippen LogP contribution in [0.3, 0.4) is 0 Å². The number of carbonyl (C=O) groups is 2. The highest BCUT2D eigenvalue weighted by Gasteiger charge is 2.18. The molecule has 1 N–H and O–H groups in total. The average Bonchev–Trinajstić information content (AvgIpc) is 3.66. The van der Waals surface area contributed by atoms with E-state index in [2.05, 4.69) is 65.1 Å². The van der Waals surface area contributed by atoms with Crippen LogP contribution >= 0.6 is 22.7 Å². The minimum absolute atomic E-state index is 0.0837. The molecule has 242 valence electrons. The molecule has 0 radical (unpaired) electrons. The molecule has 0 aliphatic rings. The van der Waals surface area contributed by atoms with Crippen molar-refractivity contribution in [3.63, 3.8) is 0 Å². The Labute approximate surface area is 277 Å². The molecule has 0 amide bonds. The normalized spacial score (nSPS) is 10.8. The Bertz CT molecular complexity index is 2180. The number of esters is 1. The lowest BCUT2D eigenvalue weighted by molar-refractivity contribution is 0.0595. The van der Waals surface area contributed by atoms with Crippen molar-refractivity contribution in [3.05, 3.63) is 127 Å². The molecule has 0 aliphatic heterocycles. The summed E-state index contributed by atoms with van der Waals surface area (Å²) in [6.07, 6.45) is 0. The molecule has 0 aliphatic carbocycles. The Kier molecular flexibility index (Phi) is 9.92. The van der Waals surface area contributed by atoms with Crippen molar-refractivity contribution in [1.82, 2.24) is 0 Å². The van der Waals surface area contributed by atoms with Gasteiger partial charge in [0.25, 0.3) is 0 Å². The summed E-state index contributed by atoms with van der Waals surface area (Å²) < 4.78 is 16.3. The Morgan fingerprint density at radius 2 is 1.11 bits per heavy atom. The number of hydrogen-bond donors (Lipinski definition) is 1. The molecule has 4 heterocycles. The van der Waals surface area contributed by atoms with Crippen LogP contribution in [0, 0.1) is 13.8 Å². The van der Waals surface area contributed by atoms with E-state index in [1.165, 1.54) is 64.2 Å². The van der Waals surface area contributed by atoms with Crippen LogP contribution < -0.4 is 21.1 Å². The topological polar surface area (TPSA) is 130 Å². The van der Waals surface area contributed by atoms with Crippen molar-refractivity contribution < 1.29 is 28.3 Å². The van der Waals surface area contributed by atoms with Gasteiger partial charge >= 0.3 is 23.2 Å². The fraction of sp³-hybridized carbons (Fsp3) is 0.200. The highest BCUT2D eigenvalue weighted by molar-refractivity contribution is 7.23. The van der Waals surface area contributed by atoms with Crippen molar-refractivity contribution in [3.8, 4) is 0 Å². The minimum Gasteiger partial charge on any atom is -0.477 e. The van der Waals surface area contributed by atoms with Gasteiger partial charge < -0.3 is 28.5 Å². The minimum atomic E-state index is -1.27. The number of anilines is 2. The number of rotatable bonds is 8. The first kappa shape index (κ1) is 33.2. The second kappa shape index (κ2) is 14.1. The van der Waals surface area contributed by atoms with Gasteiger partial charge in [0, 0.05) is 39.3 Å². The maximum absolute atomic E-state index is 11.9. The van der Waals surface area contributed by atoms with E-state index in [4.69, 9.17) is 13.9 Å². The molecular weight excluding hydrogens is 641 g/mol. The van der Waals surface area contributed by atoms with Gasteiger partial charge in [0.05, 0.1) is 26.5 Å². The molecule has 4 aromatic heterocycles. The van der Waals surface area contributed by atoms with Gasteiger partial charge in [-0.2, -0.15) is 0 Å². The van der Waals surface area contributed by atoms with Crippen LogP contribution in [0.15, 0.2) is 91.2 Å². The highest BCUT2D eigenvalue weighted by atomic mass is 32.1. The zero-order valence-corrected chi connectivity index (χ0v) is 28.0. The third-order valence-corrected chi connectivity index (χ3v) is 9.64. The first-order valence-corrected chi connectivity index (χ1v) is 16.1. The quantitative estimate of drug-likeness (QED) is 0.167. The van der Waals surface area contributed by atoms with Crippen molar-refractivity contribution in [2.75, 3.05) is 31.0 Å². The molecule has 0 spiro atoms. The Morgan fingerprint density at radius 3 is 1.51 bits per heavy atom. The standard InChI is InChI=1S/C18H17NO4S.C17H15NO4S/c1-11-4-6-12(7-5-11)10-19(2)16-9-14-15(24-16)8-13(17(20)22-3)18(21)23-14;1-10-3-5-11(6-4-10)9-18(2)15-8-13-14(23-15)7-12(16(19)20)17(21)22-13/h4-9H,10H2,1-3H3;3-8H,9H2,1-2H3,(H,19,20). The van der Waals surface area contributed by atoms with Crippen molar-refractivity contribution in [1.29, 1.82) is 0 Å². The fourth-order valence-electron chi connectivity index (χ4n) is 4.67. The zero-order valence-electron chi connectivity index (χ0n) is 26.4. The number of nitrogens with zero attached hydrogens (tertiary/aromatic N) is 2. The first-order valence-electron chi connectivity index (χ1n) is 14.4. The molecule has 0 atom stereocenters. The molecule has 0 saturated carbocycles. The molecule has 12 heteroatoms. The van der Waals surface area contributed by atoms with Crippen LogP contribution in [0.5, 0.6) is 0 Å². The summed E-state index contributed by atoms with van der Waals surface area (Å²) in [5.41, 5.74) is 3.75. The lowest BCUT2D eigenvalue weighted by Crippen LogP contribution is -2.14. The van der Waals surface area contributed by atoms with Gasteiger partial charge in [-0.3, -0.25) is 0 Å². The predicted molar refractivity (Wildman–Crippen MR) is 186 cm³/mol. The van der Waals surface area contributed by atoms with Crippen LogP contribution in [-0.2, 0) is 17.8 Å². The molecule has 6 rings (SSSR count). The van der Waals surface area contributed by atoms with E-state index >= 15 is 0 Å². The van der Waals surface area contributed by atoms with E-state index in [1.807, 2.05) is 32.0 Å². The Balaban J connectivity index is 0.000000185. The van der Waals surface area contributed by atoms with E-state index in [9.17, 15) is 19.2 Å². The van der Waals surface area contributed by atoms with Crippen molar-refractivity contribution in [2.24, 2.45) is 0 Å². The molecule has 0 unspecified atom stereocenters. The van der Waals surface area contributed by atoms with Gasteiger partial charge in [0.15, 0.2) is 11.2 Å². The molecule has 2 aromatic carbocycles. The molecule has 0 saturated heterocycles. The first-order chi connectivity index (χ1) is 22.4. The van der Waals surface area contributed by atoms with Gasteiger partial charge in [-0.1, -0.05) is 59.7 Å². The lowest BCUT2D eigenvalue weighted by Gasteiger charge is -2.16. The van der Waals surface area contributed by atoms with Crippen LogP contribution in [0.2, 0.25) is 0 Å². The number of thiophene rings is 2. The number of hydrogen-bond acceptors (Lipinski definition) is 11. The summed E-state index contributed by atoms with van der Waals surface area (Å²) in [5.74, 6) is -1.96. The van der Waals surface area contributed by atoms with Crippen LogP contribution in [-0.4, -0.2) is 38.3 Å². The van der Waals surface area contributed by atoms with Crippen LogP contribution in [0.4, 0.5) is 10.0 Å². The largest absolute Gasteiger partial charge is 0.477 e. The van der Waals surface area contributed by atoms with Gasteiger partial charge in [-0.15, -0.1) is 22.7 Å². The maximum Gasteiger partial charge on any atom is 0.351 e. The third-order valence-electron chi connectivity index (χ3n) is 7.29. The maximum atomic E-state index is 11.9. The number of carbonyl (C=O) groups excluding carboxylic acids is 1. The van der Waals surface area contributed by atoms with Crippen LogP contribution in [0.25, 0.3) is 20.6 Å². The number of methoxy groups -OCH3 is 1. The number of aryl methyl sites for hydroxylation is 2.